The van der Waals surface area contributed by atoms with E-state index < -0.39 is 5.60 Å². The van der Waals surface area contributed by atoms with E-state index in [1.807, 2.05) is 17.9 Å². The van der Waals surface area contributed by atoms with Crippen LogP contribution in [0.4, 0.5) is 10.1 Å². The monoisotopic (exact) mass is 252 g/mol. The molecule has 0 radical (unpaired) electrons. The third kappa shape index (κ3) is 2.65. The molecular formula is C14H21FN2O. The fourth-order valence-corrected chi connectivity index (χ4v) is 2.68. The number of hydrogen-bond donors (Lipinski definition) is 2. The summed E-state index contributed by atoms with van der Waals surface area (Å²) in [7, 11) is 0. The first-order valence-corrected chi connectivity index (χ1v) is 6.42. The largest absolute Gasteiger partial charge is 0.388 e. The summed E-state index contributed by atoms with van der Waals surface area (Å²) in [4.78, 5) is 2.03. The van der Waals surface area contributed by atoms with Crippen molar-refractivity contribution in [2.24, 2.45) is 5.73 Å². The molecule has 4 heteroatoms. The Labute approximate surface area is 107 Å². The minimum atomic E-state index is -0.709. The maximum atomic E-state index is 13.9. The molecule has 0 bridgehead atoms. The molecule has 18 heavy (non-hydrogen) atoms. The van der Waals surface area contributed by atoms with Gasteiger partial charge in [0.05, 0.1) is 5.60 Å². The summed E-state index contributed by atoms with van der Waals surface area (Å²) in [6.45, 7) is 4.96. The standard InChI is InChI=1S/C14H21FN2O/c1-10(16)13-11(15)5-3-6-12(13)17-8-4-7-14(2,18)9-17/h3,5-6,10,18H,4,7-9,16H2,1-2H3/t10-,14?/m0/s1. The smallest absolute Gasteiger partial charge is 0.130 e. The zero-order valence-corrected chi connectivity index (χ0v) is 11.0. The number of aliphatic hydroxyl groups is 1. The van der Waals surface area contributed by atoms with Crippen LogP contribution < -0.4 is 10.6 Å². The minimum Gasteiger partial charge on any atom is -0.388 e. The lowest BCUT2D eigenvalue weighted by Crippen LogP contribution is -2.46. The second-order valence-electron chi connectivity index (χ2n) is 5.48. The molecule has 1 aromatic carbocycles. The molecule has 1 fully saturated rings. The van der Waals surface area contributed by atoms with Gasteiger partial charge in [0.25, 0.3) is 0 Å². The summed E-state index contributed by atoms with van der Waals surface area (Å²) < 4.78 is 13.9. The number of nitrogens with zero attached hydrogens (tertiary/aromatic N) is 1. The van der Waals surface area contributed by atoms with Crippen molar-refractivity contribution in [1.82, 2.24) is 0 Å². The third-order valence-corrected chi connectivity index (χ3v) is 3.50. The van der Waals surface area contributed by atoms with Crippen molar-refractivity contribution in [3.05, 3.63) is 29.6 Å². The lowest BCUT2D eigenvalue weighted by molar-refractivity contribution is 0.0448. The number of anilines is 1. The van der Waals surface area contributed by atoms with Gasteiger partial charge in [-0.3, -0.25) is 0 Å². The van der Waals surface area contributed by atoms with Crippen LogP contribution in [0.3, 0.4) is 0 Å². The Bertz CT molecular complexity index is 432. The number of piperidine rings is 1. The van der Waals surface area contributed by atoms with Crippen molar-refractivity contribution in [3.8, 4) is 0 Å². The zero-order chi connectivity index (χ0) is 13.3. The molecule has 1 aliphatic rings. The first-order valence-electron chi connectivity index (χ1n) is 6.42. The Balaban J connectivity index is 2.36. The number of β-amino-alcohol motifs (C(OH)–C–C–N with tert-alkyl or cyclic N) is 1. The molecular weight excluding hydrogens is 231 g/mol. The van der Waals surface area contributed by atoms with Gasteiger partial charge in [-0.05, 0) is 38.8 Å². The third-order valence-electron chi connectivity index (χ3n) is 3.50. The second kappa shape index (κ2) is 4.86. The van der Waals surface area contributed by atoms with Crippen molar-refractivity contribution < 1.29 is 9.50 Å². The van der Waals surface area contributed by atoms with Crippen LogP contribution in [0.2, 0.25) is 0 Å². The van der Waals surface area contributed by atoms with Crippen LogP contribution in [0.25, 0.3) is 0 Å². The first kappa shape index (κ1) is 13.3. The van der Waals surface area contributed by atoms with Gasteiger partial charge in [-0.15, -0.1) is 0 Å². The predicted molar refractivity (Wildman–Crippen MR) is 71.1 cm³/mol. The normalized spacial score (nSPS) is 26.2. The van der Waals surface area contributed by atoms with Crippen molar-refractivity contribution in [1.29, 1.82) is 0 Å². The summed E-state index contributed by atoms with van der Waals surface area (Å²) in [5.41, 5.74) is 6.50. The molecule has 0 aliphatic carbocycles. The zero-order valence-electron chi connectivity index (χ0n) is 11.0. The SMILES string of the molecule is C[C@H](N)c1c(F)cccc1N1CCCC(C)(O)C1. The molecule has 1 unspecified atom stereocenters. The Morgan fingerprint density at radius 1 is 1.50 bits per heavy atom. The average molecular weight is 252 g/mol. The van der Waals surface area contributed by atoms with E-state index in [4.69, 9.17) is 5.73 Å². The number of halogens is 1. The highest BCUT2D eigenvalue weighted by atomic mass is 19.1. The molecule has 2 atom stereocenters. The Morgan fingerprint density at radius 2 is 2.22 bits per heavy atom. The van der Waals surface area contributed by atoms with Crippen molar-refractivity contribution in [2.45, 2.75) is 38.3 Å². The molecule has 2 rings (SSSR count). The van der Waals surface area contributed by atoms with E-state index in [9.17, 15) is 9.50 Å². The van der Waals surface area contributed by atoms with E-state index >= 15 is 0 Å². The van der Waals surface area contributed by atoms with E-state index in [1.165, 1.54) is 6.07 Å². The first-order chi connectivity index (χ1) is 8.41. The molecule has 1 aliphatic heterocycles. The van der Waals surface area contributed by atoms with Crippen molar-refractivity contribution in [2.75, 3.05) is 18.0 Å². The molecule has 100 valence electrons. The molecule has 1 aromatic rings. The summed E-state index contributed by atoms with van der Waals surface area (Å²) in [5, 5.41) is 10.1. The van der Waals surface area contributed by atoms with Gasteiger partial charge in [0.1, 0.15) is 5.82 Å². The van der Waals surface area contributed by atoms with Gasteiger partial charge < -0.3 is 15.7 Å². The second-order valence-corrected chi connectivity index (χ2v) is 5.48. The van der Waals surface area contributed by atoms with Crippen LogP contribution in [0, 0.1) is 5.82 Å². The Morgan fingerprint density at radius 3 is 2.83 bits per heavy atom. The molecule has 3 nitrogen and oxygen atoms in total. The van der Waals surface area contributed by atoms with E-state index in [0.717, 1.165) is 25.1 Å². The van der Waals surface area contributed by atoms with Crippen LogP contribution in [0.1, 0.15) is 38.3 Å². The summed E-state index contributed by atoms with van der Waals surface area (Å²) in [6, 6.07) is 4.65. The fraction of sp³-hybridized carbons (Fsp3) is 0.571. The molecule has 3 N–H and O–H groups in total. The lowest BCUT2D eigenvalue weighted by atomic mass is 9.93. The molecule has 0 amide bonds. The maximum Gasteiger partial charge on any atom is 0.130 e. The van der Waals surface area contributed by atoms with Crippen LogP contribution in [0.5, 0.6) is 0 Å². The predicted octanol–water partition coefficient (Wildman–Crippen LogP) is 2.20. The van der Waals surface area contributed by atoms with Crippen molar-refractivity contribution >= 4 is 5.69 Å². The van der Waals surface area contributed by atoms with E-state index in [1.54, 1.807) is 13.0 Å². The van der Waals surface area contributed by atoms with Gasteiger partial charge >= 0.3 is 0 Å². The van der Waals surface area contributed by atoms with Gasteiger partial charge in [0.15, 0.2) is 0 Å². The number of benzene rings is 1. The van der Waals surface area contributed by atoms with Crippen LogP contribution in [-0.2, 0) is 0 Å². The van der Waals surface area contributed by atoms with Crippen LogP contribution in [0.15, 0.2) is 18.2 Å². The van der Waals surface area contributed by atoms with Gasteiger partial charge in [-0.1, -0.05) is 6.07 Å². The van der Waals surface area contributed by atoms with Crippen LogP contribution in [-0.4, -0.2) is 23.8 Å². The highest BCUT2D eigenvalue weighted by molar-refractivity contribution is 5.56. The quantitative estimate of drug-likeness (QED) is 0.848. The van der Waals surface area contributed by atoms with Gasteiger partial charge in [-0.25, -0.2) is 4.39 Å². The summed E-state index contributed by atoms with van der Waals surface area (Å²) >= 11 is 0. The molecule has 1 saturated heterocycles. The average Bonchev–Trinajstić information content (AvgIpc) is 2.26. The van der Waals surface area contributed by atoms with Gasteiger partial charge in [0, 0.05) is 30.4 Å². The van der Waals surface area contributed by atoms with Gasteiger partial charge in [-0.2, -0.15) is 0 Å². The number of rotatable bonds is 2. The van der Waals surface area contributed by atoms with E-state index in [0.29, 0.717) is 12.1 Å². The number of nitrogens with two attached hydrogens (primary N) is 1. The topological polar surface area (TPSA) is 49.5 Å². The minimum absolute atomic E-state index is 0.271. The Hall–Kier alpha value is -1.13. The fourth-order valence-electron chi connectivity index (χ4n) is 2.68. The molecule has 1 heterocycles. The summed E-state index contributed by atoms with van der Waals surface area (Å²) in [5.74, 6) is -0.271. The molecule has 0 aromatic heterocycles. The Kier molecular flexibility index (Phi) is 3.59. The maximum absolute atomic E-state index is 13.9. The summed E-state index contributed by atoms with van der Waals surface area (Å²) in [6.07, 6.45) is 1.69. The van der Waals surface area contributed by atoms with E-state index in [-0.39, 0.29) is 11.9 Å². The van der Waals surface area contributed by atoms with E-state index in [2.05, 4.69) is 0 Å². The van der Waals surface area contributed by atoms with Crippen molar-refractivity contribution in [3.63, 3.8) is 0 Å². The lowest BCUT2D eigenvalue weighted by Gasteiger charge is -2.39. The van der Waals surface area contributed by atoms with Gasteiger partial charge in [0.2, 0.25) is 0 Å². The molecule has 0 saturated carbocycles. The number of hydrogen-bond acceptors (Lipinski definition) is 3. The highest BCUT2D eigenvalue weighted by Crippen LogP contribution is 2.32. The van der Waals surface area contributed by atoms with Crippen LogP contribution >= 0.6 is 0 Å². The molecule has 0 spiro atoms. The highest BCUT2D eigenvalue weighted by Gasteiger charge is 2.30.